The van der Waals surface area contributed by atoms with Gasteiger partial charge >= 0.3 is 0 Å². The zero-order valence-electron chi connectivity index (χ0n) is 10.1. The lowest BCUT2D eigenvalue weighted by atomic mass is 10.2. The molecular formula is C13H10FN3OS. The Hall–Kier alpha value is -2.21. The fourth-order valence-electron chi connectivity index (χ4n) is 1.79. The van der Waals surface area contributed by atoms with Crippen LogP contribution in [0.2, 0.25) is 0 Å². The van der Waals surface area contributed by atoms with E-state index in [2.05, 4.69) is 15.2 Å². The molecule has 1 aromatic carbocycles. The molecule has 0 bridgehead atoms. The van der Waals surface area contributed by atoms with Crippen molar-refractivity contribution in [1.29, 1.82) is 0 Å². The Labute approximate surface area is 112 Å². The molecule has 0 saturated heterocycles. The van der Waals surface area contributed by atoms with E-state index in [0.29, 0.717) is 17.4 Å². The van der Waals surface area contributed by atoms with Gasteiger partial charge in [-0.25, -0.2) is 9.37 Å². The summed E-state index contributed by atoms with van der Waals surface area (Å²) < 4.78 is 19.1. The number of thiophene rings is 1. The van der Waals surface area contributed by atoms with Gasteiger partial charge in [-0.3, -0.25) is 5.10 Å². The largest absolute Gasteiger partial charge is 0.496 e. The SMILES string of the molecule is COc1cccc(F)c1-c1n[nH]c(-c2cccs2)n1. The van der Waals surface area contributed by atoms with Crippen molar-refractivity contribution >= 4 is 11.3 Å². The van der Waals surface area contributed by atoms with Gasteiger partial charge in [0.15, 0.2) is 11.6 Å². The van der Waals surface area contributed by atoms with E-state index < -0.39 is 5.82 Å². The van der Waals surface area contributed by atoms with Gasteiger partial charge in [-0.2, -0.15) is 5.10 Å². The van der Waals surface area contributed by atoms with E-state index in [0.717, 1.165) is 4.88 Å². The van der Waals surface area contributed by atoms with Crippen LogP contribution in [-0.2, 0) is 0 Å². The van der Waals surface area contributed by atoms with Crippen molar-refractivity contribution in [2.75, 3.05) is 7.11 Å². The molecule has 4 nitrogen and oxygen atoms in total. The molecule has 0 spiro atoms. The van der Waals surface area contributed by atoms with Gasteiger partial charge in [-0.05, 0) is 23.6 Å². The first-order chi connectivity index (χ1) is 9.29. The van der Waals surface area contributed by atoms with Gasteiger partial charge in [0.1, 0.15) is 11.6 Å². The molecule has 0 fully saturated rings. The van der Waals surface area contributed by atoms with E-state index in [4.69, 9.17) is 4.74 Å². The van der Waals surface area contributed by atoms with Crippen molar-refractivity contribution in [2.45, 2.75) is 0 Å². The zero-order valence-corrected chi connectivity index (χ0v) is 10.9. The number of aromatic amines is 1. The van der Waals surface area contributed by atoms with Gasteiger partial charge in [0.2, 0.25) is 0 Å². The van der Waals surface area contributed by atoms with E-state index >= 15 is 0 Å². The lowest BCUT2D eigenvalue weighted by Crippen LogP contribution is -1.93. The van der Waals surface area contributed by atoms with Crippen LogP contribution in [0, 0.1) is 5.82 Å². The molecule has 6 heteroatoms. The van der Waals surface area contributed by atoms with Crippen LogP contribution in [0.5, 0.6) is 5.75 Å². The van der Waals surface area contributed by atoms with Crippen LogP contribution < -0.4 is 4.74 Å². The average Bonchev–Trinajstić information content (AvgIpc) is 3.08. The summed E-state index contributed by atoms with van der Waals surface area (Å²) in [6.07, 6.45) is 0. The molecule has 2 heterocycles. The Morgan fingerprint density at radius 3 is 2.89 bits per heavy atom. The normalized spacial score (nSPS) is 10.6. The van der Waals surface area contributed by atoms with Gasteiger partial charge in [0, 0.05) is 0 Å². The number of hydrogen-bond donors (Lipinski definition) is 1. The number of aromatic nitrogens is 3. The fraction of sp³-hybridized carbons (Fsp3) is 0.0769. The van der Waals surface area contributed by atoms with Gasteiger partial charge in [-0.1, -0.05) is 12.1 Å². The van der Waals surface area contributed by atoms with Crippen molar-refractivity contribution in [3.63, 3.8) is 0 Å². The van der Waals surface area contributed by atoms with Crippen molar-refractivity contribution in [2.24, 2.45) is 0 Å². The highest BCUT2D eigenvalue weighted by atomic mass is 32.1. The lowest BCUT2D eigenvalue weighted by molar-refractivity contribution is 0.413. The summed E-state index contributed by atoms with van der Waals surface area (Å²) in [4.78, 5) is 5.27. The third-order valence-electron chi connectivity index (χ3n) is 2.66. The molecule has 0 aliphatic carbocycles. The second-order valence-corrected chi connectivity index (χ2v) is 4.75. The summed E-state index contributed by atoms with van der Waals surface area (Å²) in [5.41, 5.74) is 0.268. The van der Waals surface area contributed by atoms with Crippen LogP contribution >= 0.6 is 11.3 Å². The van der Waals surface area contributed by atoms with Crippen molar-refractivity contribution in [3.8, 4) is 27.8 Å². The van der Waals surface area contributed by atoms with E-state index in [9.17, 15) is 4.39 Å². The van der Waals surface area contributed by atoms with E-state index in [1.54, 1.807) is 12.1 Å². The summed E-state index contributed by atoms with van der Waals surface area (Å²) in [7, 11) is 1.49. The summed E-state index contributed by atoms with van der Waals surface area (Å²) in [6, 6.07) is 8.47. The van der Waals surface area contributed by atoms with Gasteiger partial charge in [-0.15, -0.1) is 11.3 Å². The number of nitrogens with zero attached hydrogens (tertiary/aromatic N) is 2. The standard InChI is InChI=1S/C13H10FN3OS/c1-18-9-5-2-4-8(14)11(9)13-15-12(16-17-13)10-6-3-7-19-10/h2-7H,1H3,(H,15,16,17). The quantitative estimate of drug-likeness (QED) is 0.797. The predicted molar refractivity (Wildman–Crippen MR) is 71.6 cm³/mol. The number of ether oxygens (including phenoxy) is 1. The molecule has 0 aliphatic rings. The minimum Gasteiger partial charge on any atom is -0.496 e. The Kier molecular flexibility index (Phi) is 3.00. The van der Waals surface area contributed by atoms with Crippen LogP contribution in [0.1, 0.15) is 0 Å². The Bertz CT molecular complexity index is 694. The Balaban J connectivity index is 2.09. The smallest absolute Gasteiger partial charge is 0.188 e. The minimum absolute atomic E-state index is 0.268. The molecule has 0 radical (unpaired) electrons. The molecule has 3 aromatic rings. The van der Waals surface area contributed by atoms with Crippen molar-refractivity contribution in [3.05, 3.63) is 41.5 Å². The molecule has 0 saturated carbocycles. The lowest BCUT2D eigenvalue weighted by Gasteiger charge is -2.05. The Morgan fingerprint density at radius 1 is 1.26 bits per heavy atom. The molecule has 0 atom stereocenters. The summed E-state index contributed by atoms with van der Waals surface area (Å²) >= 11 is 1.54. The first-order valence-corrected chi connectivity index (χ1v) is 6.46. The monoisotopic (exact) mass is 275 g/mol. The summed E-state index contributed by atoms with van der Waals surface area (Å²) in [6.45, 7) is 0. The summed E-state index contributed by atoms with van der Waals surface area (Å²) in [5, 5.41) is 8.82. The number of nitrogens with one attached hydrogen (secondary N) is 1. The maximum absolute atomic E-state index is 13.9. The highest BCUT2D eigenvalue weighted by Gasteiger charge is 2.17. The van der Waals surface area contributed by atoms with Crippen LogP contribution in [0.3, 0.4) is 0 Å². The zero-order chi connectivity index (χ0) is 13.2. The first kappa shape index (κ1) is 11.9. The fourth-order valence-corrected chi connectivity index (χ4v) is 2.45. The number of halogens is 1. The molecular weight excluding hydrogens is 265 g/mol. The second kappa shape index (κ2) is 4.81. The van der Waals surface area contributed by atoms with E-state index in [1.165, 1.54) is 24.5 Å². The third-order valence-corrected chi connectivity index (χ3v) is 3.54. The highest BCUT2D eigenvalue weighted by molar-refractivity contribution is 7.13. The van der Waals surface area contributed by atoms with Crippen molar-refractivity contribution < 1.29 is 9.13 Å². The number of benzene rings is 1. The van der Waals surface area contributed by atoms with Gasteiger partial charge in [0.05, 0.1) is 17.6 Å². The van der Waals surface area contributed by atoms with Crippen LogP contribution in [0.15, 0.2) is 35.7 Å². The molecule has 2 aromatic heterocycles. The highest BCUT2D eigenvalue weighted by Crippen LogP contribution is 2.31. The number of rotatable bonds is 3. The Morgan fingerprint density at radius 2 is 2.16 bits per heavy atom. The molecule has 0 amide bonds. The predicted octanol–water partition coefficient (Wildman–Crippen LogP) is 3.35. The van der Waals surface area contributed by atoms with Gasteiger partial charge in [0.25, 0.3) is 0 Å². The topological polar surface area (TPSA) is 50.8 Å². The van der Waals surface area contributed by atoms with Crippen LogP contribution in [-0.4, -0.2) is 22.3 Å². The molecule has 0 unspecified atom stereocenters. The minimum atomic E-state index is -0.406. The third kappa shape index (κ3) is 2.10. The van der Waals surface area contributed by atoms with Gasteiger partial charge < -0.3 is 4.74 Å². The number of hydrogen-bond acceptors (Lipinski definition) is 4. The van der Waals surface area contributed by atoms with E-state index in [1.807, 2.05) is 17.5 Å². The second-order valence-electron chi connectivity index (χ2n) is 3.80. The molecule has 3 rings (SSSR count). The molecule has 19 heavy (non-hydrogen) atoms. The van der Waals surface area contributed by atoms with E-state index in [-0.39, 0.29) is 5.56 Å². The average molecular weight is 275 g/mol. The molecule has 1 N–H and O–H groups in total. The van der Waals surface area contributed by atoms with Crippen LogP contribution in [0.25, 0.3) is 22.1 Å². The van der Waals surface area contributed by atoms with Crippen LogP contribution in [0.4, 0.5) is 4.39 Å². The summed E-state index contributed by atoms with van der Waals surface area (Å²) in [5.74, 6) is 0.918. The van der Waals surface area contributed by atoms with Crippen molar-refractivity contribution in [1.82, 2.24) is 15.2 Å². The number of methoxy groups -OCH3 is 1. The molecule has 0 aliphatic heterocycles. The number of H-pyrrole nitrogens is 1. The molecule has 96 valence electrons. The first-order valence-electron chi connectivity index (χ1n) is 5.58. The maximum atomic E-state index is 13.9. The maximum Gasteiger partial charge on any atom is 0.188 e.